The molecule has 2 heterocycles. The van der Waals surface area contributed by atoms with Gasteiger partial charge in [-0.05, 0) is 36.4 Å². The molecule has 1 aliphatic rings. The summed E-state index contributed by atoms with van der Waals surface area (Å²) >= 11 is 0. The Kier molecular flexibility index (Phi) is 3.18. The number of rotatable bonds is 2. The third kappa shape index (κ3) is 2.05. The highest BCUT2D eigenvalue weighted by Gasteiger charge is 2.35. The summed E-state index contributed by atoms with van der Waals surface area (Å²) in [6.45, 7) is 0.599. The van der Waals surface area contributed by atoms with Gasteiger partial charge in [0, 0.05) is 23.8 Å². The summed E-state index contributed by atoms with van der Waals surface area (Å²) in [5.41, 5.74) is 1.51. The van der Waals surface area contributed by atoms with Gasteiger partial charge in [0.2, 0.25) is 0 Å². The van der Waals surface area contributed by atoms with Crippen LogP contribution in [0.3, 0.4) is 0 Å². The molecule has 0 bridgehead atoms. The zero-order valence-electron chi connectivity index (χ0n) is 11.3. The monoisotopic (exact) mass is 272 g/mol. The molecule has 1 aromatic heterocycles. The van der Waals surface area contributed by atoms with Gasteiger partial charge in [0.05, 0.1) is 7.11 Å². The van der Waals surface area contributed by atoms with Crippen molar-refractivity contribution in [1.29, 1.82) is 0 Å². The van der Waals surface area contributed by atoms with Gasteiger partial charge < -0.3 is 14.6 Å². The fourth-order valence-corrected chi connectivity index (χ4v) is 2.74. The molecule has 20 heavy (non-hydrogen) atoms. The second-order valence-electron chi connectivity index (χ2n) is 4.96. The normalized spacial score (nSPS) is 18.4. The highest BCUT2D eigenvalue weighted by atomic mass is 16.5. The van der Waals surface area contributed by atoms with Crippen molar-refractivity contribution in [1.82, 2.24) is 9.88 Å². The fraction of sp³-hybridized carbons (Fsp3) is 0.333. The number of H-pyrrole nitrogens is 1. The van der Waals surface area contributed by atoms with Crippen molar-refractivity contribution in [3.63, 3.8) is 0 Å². The molecule has 1 aromatic carbocycles. The van der Waals surface area contributed by atoms with Gasteiger partial charge in [0.1, 0.15) is 6.04 Å². The third-order valence-electron chi connectivity index (χ3n) is 3.79. The molecule has 5 heteroatoms. The zero-order valence-corrected chi connectivity index (χ0v) is 11.3. The maximum absolute atomic E-state index is 12.5. The average molecular weight is 272 g/mol. The highest BCUT2D eigenvalue weighted by Crippen LogP contribution is 2.22. The van der Waals surface area contributed by atoms with Crippen molar-refractivity contribution in [2.45, 2.75) is 18.9 Å². The number of fused-ring (bicyclic) bond motifs is 1. The van der Waals surface area contributed by atoms with Crippen molar-refractivity contribution in [3.05, 3.63) is 36.0 Å². The molecule has 0 aliphatic carbocycles. The van der Waals surface area contributed by atoms with Gasteiger partial charge in [-0.3, -0.25) is 4.79 Å². The van der Waals surface area contributed by atoms with E-state index in [2.05, 4.69) is 4.98 Å². The van der Waals surface area contributed by atoms with Gasteiger partial charge in [-0.2, -0.15) is 0 Å². The van der Waals surface area contributed by atoms with Crippen LogP contribution in [0.4, 0.5) is 0 Å². The Hall–Kier alpha value is -2.30. The first-order valence-corrected chi connectivity index (χ1v) is 6.66. The minimum absolute atomic E-state index is 0.116. The molecule has 1 atom stereocenters. The van der Waals surface area contributed by atoms with Gasteiger partial charge >= 0.3 is 5.97 Å². The summed E-state index contributed by atoms with van der Waals surface area (Å²) in [7, 11) is 1.36. The lowest BCUT2D eigenvalue weighted by Gasteiger charge is -2.22. The number of hydrogen-bond acceptors (Lipinski definition) is 3. The summed E-state index contributed by atoms with van der Waals surface area (Å²) in [5.74, 6) is -0.453. The second kappa shape index (κ2) is 5.00. The van der Waals surface area contributed by atoms with Crippen molar-refractivity contribution in [3.8, 4) is 0 Å². The van der Waals surface area contributed by atoms with Crippen LogP contribution in [0.2, 0.25) is 0 Å². The van der Waals surface area contributed by atoms with E-state index in [1.54, 1.807) is 11.0 Å². The molecule has 1 unspecified atom stereocenters. The Morgan fingerprint density at radius 1 is 1.35 bits per heavy atom. The Labute approximate surface area is 116 Å². The Morgan fingerprint density at radius 3 is 3.00 bits per heavy atom. The zero-order chi connectivity index (χ0) is 14.1. The first kappa shape index (κ1) is 12.7. The summed E-state index contributed by atoms with van der Waals surface area (Å²) in [6, 6.07) is 7.03. The van der Waals surface area contributed by atoms with E-state index >= 15 is 0 Å². The summed E-state index contributed by atoms with van der Waals surface area (Å²) in [5, 5.41) is 1.06. The molecule has 1 aliphatic heterocycles. The molecule has 1 fully saturated rings. The number of aromatic nitrogens is 1. The van der Waals surface area contributed by atoms with E-state index in [-0.39, 0.29) is 11.9 Å². The molecule has 2 aromatic rings. The van der Waals surface area contributed by atoms with Crippen molar-refractivity contribution >= 4 is 22.8 Å². The maximum Gasteiger partial charge on any atom is 0.328 e. The van der Waals surface area contributed by atoms with E-state index < -0.39 is 6.04 Å². The number of likely N-dealkylation sites (tertiary alicyclic amines) is 1. The Morgan fingerprint density at radius 2 is 2.20 bits per heavy atom. The smallest absolute Gasteiger partial charge is 0.328 e. The fourth-order valence-electron chi connectivity index (χ4n) is 2.74. The SMILES string of the molecule is COC(=O)C1CCCN1C(=O)c1ccc2cc[nH]c2c1. The Balaban J connectivity index is 1.89. The van der Waals surface area contributed by atoms with Gasteiger partial charge in [0.15, 0.2) is 0 Å². The Bertz CT molecular complexity index is 662. The minimum Gasteiger partial charge on any atom is -0.467 e. The lowest BCUT2D eigenvalue weighted by Crippen LogP contribution is -2.41. The van der Waals surface area contributed by atoms with E-state index in [9.17, 15) is 9.59 Å². The number of nitrogens with zero attached hydrogens (tertiary/aromatic N) is 1. The molecule has 0 spiro atoms. The topological polar surface area (TPSA) is 62.4 Å². The first-order chi connectivity index (χ1) is 9.70. The molecule has 0 radical (unpaired) electrons. The van der Waals surface area contributed by atoms with Gasteiger partial charge in [-0.1, -0.05) is 6.07 Å². The molecular weight excluding hydrogens is 256 g/mol. The van der Waals surface area contributed by atoms with Gasteiger partial charge in [0.25, 0.3) is 5.91 Å². The van der Waals surface area contributed by atoms with E-state index in [0.29, 0.717) is 18.5 Å². The van der Waals surface area contributed by atoms with Crippen LogP contribution >= 0.6 is 0 Å². The van der Waals surface area contributed by atoms with Crippen molar-refractivity contribution in [2.24, 2.45) is 0 Å². The number of ether oxygens (including phenoxy) is 1. The maximum atomic E-state index is 12.5. The standard InChI is InChI=1S/C15H16N2O3/c1-20-15(19)13-3-2-8-17(13)14(18)11-5-4-10-6-7-16-12(10)9-11/h4-7,9,13,16H,2-3,8H2,1H3. The number of methoxy groups -OCH3 is 1. The van der Waals surface area contributed by atoms with E-state index in [1.165, 1.54) is 7.11 Å². The van der Waals surface area contributed by atoms with Crippen LogP contribution in [-0.4, -0.2) is 41.5 Å². The molecule has 104 valence electrons. The lowest BCUT2D eigenvalue weighted by molar-refractivity contribution is -0.145. The van der Waals surface area contributed by atoms with Crippen LogP contribution in [0.15, 0.2) is 30.5 Å². The second-order valence-corrected chi connectivity index (χ2v) is 4.96. The molecule has 0 saturated carbocycles. The molecule has 1 amide bonds. The average Bonchev–Trinajstić information content (AvgIpc) is 3.13. The molecule has 1 saturated heterocycles. The predicted molar refractivity (Wildman–Crippen MR) is 74.4 cm³/mol. The molecule has 1 N–H and O–H groups in total. The predicted octanol–water partition coefficient (Wildman–Crippen LogP) is 1.95. The van der Waals surface area contributed by atoms with Crippen LogP contribution in [0.1, 0.15) is 23.2 Å². The molecular formula is C15H16N2O3. The van der Waals surface area contributed by atoms with E-state index in [0.717, 1.165) is 17.3 Å². The molecule has 3 rings (SSSR count). The van der Waals surface area contributed by atoms with Crippen LogP contribution in [0.25, 0.3) is 10.9 Å². The quantitative estimate of drug-likeness (QED) is 0.850. The number of nitrogens with one attached hydrogen (secondary N) is 1. The van der Waals surface area contributed by atoms with Gasteiger partial charge in [-0.25, -0.2) is 4.79 Å². The largest absolute Gasteiger partial charge is 0.467 e. The van der Waals surface area contributed by atoms with Crippen LogP contribution < -0.4 is 0 Å². The van der Waals surface area contributed by atoms with E-state index in [1.807, 2.05) is 24.4 Å². The number of esters is 1. The third-order valence-corrected chi connectivity index (χ3v) is 3.79. The van der Waals surface area contributed by atoms with E-state index in [4.69, 9.17) is 4.74 Å². The number of hydrogen-bond donors (Lipinski definition) is 1. The summed E-state index contributed by atoms with van der Waals surface area (Å²) < 4.78 is 4.77. The van der Waals surface area contributed by atoms with Crippen LogP contribution in [0, 0.1) is 0 Å². The number of benzene rings is 1. The van der Waals surface area contributed by atoms with Gasteiger partial charge in [-0.15, -0.1) is 0 Å². The number of aromatic amines is 1. The summed E-state index contributed by atoms with van der Waals surface area (Å²) in [4.78, 5) is 29.0. The first-order valence-electron chi connectivity index (χ1n) is 6.66. The minimum atomic E-state index is -0.452. The van der Waals surface area contributed by atoms with Crippen LogP contribution in [-0.2, 0) is 9.53 Å². The van der Waals surface area contributed by atoms with Crippen molar-refractivity contribution < 1.29 is 14.3 Å². The van der Waals surface area contributed by atoms with Crippen molar-refractivity contribution in [2.75, 3.05) is 13.7 Å². The lowest BCUT2D eigenvalue weighted by atomic mass is 10.1. The number of carbonyl (C=O) groups is 2. The highest BCUT2D eigenvalue weighted by molar-refractivity contribution is 6.00. The van der Waals surface area contributed by atoms with Crippen LogP contribution in [0.5, 0.6) is 0 Å². The number of amides is 1. The number of carbonyl (C=O) groups excluding carboxylic acids is 2. The molecule has 5 nitrogen and oxygen atoms in total. The summed E-state index contributed by atoms with van der Waals surface area (Å²) in [6.07, 6.45) is 3.34.